The van der Waals surface area contributed by atoms with E-state index in [1.165, 1.54) is 76.3 Å². The van der Waals surface area contributed by atoms with Crippen LogP contribution in [0.25, 0.3) is 131 Å². The Morgan fingerprint density at radius 3 is 1.65 bits per heavy atom. The fourth-order valence-corrected chi connectivity index (χ4v) is 13.6. The highest BCUT2D eigenvalue weighted by Crippen LogP contribution is 2.61. The van der Waals surface area contributed by atoms with E-state index in [9.17, 15) is 0 Å². The maximum atomic E-state index is 7.06. The molecule has 0 aliphatic carbocycles. The summed E-state index contributed by atoms with van der Waals surface area (Å²) >= 11 is 0. The molecule has 1 aliphatic heterocycles. The summed E-state index contributed by atoms with van der Waals surface area (Å²) in [5.74, 6) is 0. The van der Waals surface area contributed by atoms with Gasteiger partial charge in [0, 0.05) is 59.4 Å². The standard InChI is InChI=1S/C75H48N2O2/c1-43-28-31-48-33-30-45(3)72(59(48)38-43)76(63-24-14-22-54-50-20-10-12-26-67(50)78-74(54)63)65-41-58(47-18-8-5-9-19-47)62-40-61-53-35-34-49-32-29-44(2)39-60(49)73(53)77(64-25-15-23-55-51-21-11-13-27-68(51)79-75(55)64)66-42-57(46-16-6-4-7-17-46)52-36-37-56(65)69(62)71(52)70(61)66/h4-42H,1-3H3. The van der Waals surface area contributed by atoms with Gasteiger partial charge >= 0.3 is 0 Å². The number of para-hydroxylation sites is 4. The average molecular weight is 1010 g/mol. The van der Waals surface area contributed by atoms with Crippen molar-refractivity contribution in [3.8, 4) is 33.4 Å². The van der Waals surface area contributed by atoms with Crippen LogP contribution in [-0.2, 0) is 0 Å². The summed E-state index contributed by atoms with van der Waals surface area (Å²) in [6.45, 7) is 6.66. The van der Waals surface area contributed by atoms with Gasteiger partial charge < -0.3 is 18.6 Å². The molecule has 14 aromatic carbocycles. The van der Waals surface area contributed by atoms with Crippen LogP contribution in [0.15, 0.2) is 245 Å². The second-order valence-electron chi connectivity index (χ2n) is 21.7. The second-order valence-corrected chi connectivity index (χ2v) is 21.7. The van der Waals surface area contributed by atoms with E-state index in [0.29, 0.717) is 0 Å². The molecule has 370 valence electrons. The summed E-state index contributed by atoms with van der Waals surface area (Å²) in [7, 11) is 0. The summed E-state index contributed by atoms with van der Waals surface area (Å²) < 4.78 is 14.1. The summed E-state index contributed by atoms with van der Waals surface area (Å²) in [6, 6.07) is 87.4. The second kappa shape index (κ2) is 16.4. The summed E-state index contributed by atoms with van der Waals surface area (Å²) in [5, 5.41) is 16.3. The number of hydrogen-bond acceptors (Lipinski definition) is 4. The normalized spacial score (nSPS) is 12.5. The number of benzene rings is 14. The predicted molar refractivity (Wildman–Crippen MR) is 333 cm³/mol. The van der Waals surface area contributed by atoms with Gasteiger partial charge in [-0.25, -0.2) is 0 Å². The molecule has 0 saturated carbocycles. The van der Waals surface area contributed by atoms with Crippen LogP contribution in [0.5, 0.6) is 0 Å². The Morgan fingerprint density at radius 2 is 0.911 bits per heavy atom. The molecule has 16 aromatic rings. The van der Waals surface area contributed by atoms with Gasteiger partial charge in [-0.05, 0) is 130 Å². The van der Waals surface area contributed by atoms with Gasteiger partial charge in [0.25, 0.3) is 0 Å². The van der Waals surface area contributed by atoms with Crippen molar-refractivity contribution in [1.29, 1.82) is 0 Å². The van der Waals surface area contributed by atoms with E-state index in [0.717, 1.165) is 106 Å². The Morgan fingerprint density at radius 1 is 0.329 bits per heavy atom. The van der Waals surface area contributed by atoms with Crippen LogP contribution in [0.4, 0.5) is 34.1 Å². The number of nitrogens with zero attached hydrogens (tertiary/aromatic N) is 2. The van der Waals surface area contributed by atoms with Crippen molar-refractivity contribution in [3.63, 3.8) is 0 Å². The van der Waals surface area contributed by atoms with E-state index >= 15 is 0 Å². The van der Waals surface area contributed by atoms with Gasteiger partial charge in [0.05, 0.1) is 34.1 Å². The third-order valence-corrected chi connectivity index (χ3v) is 17.1. The lowest BCUT2D eigenvalue weighted by molar-refractivity contribution is 0.669. The fraction of sp³-hybridized carbons (Fsp3) is 0.0400. The molecule has 2 aromatic heterocycles. The lowest BCUT2D eigenvalue weighted by atomic mass is 9.79. The highest BCUT2D eigenvalue weighted by Gasteiger charge is 2.35. The van der Waals surface area contributed by atoms with Crippen LogP contribution in [0.1, 0.15) is 16.7 Å². The van der Waals surface area contributed by atoms with E-state index in [2.05, 4.69) is 267 Å². The largest absolute Gasteiger partial charge is 0.454 e. The molecular weight excluding hydrogens is 961 g/mol. The lowest BCUT2D eigenvalue weighted by Gasteiger charge is -2.37. The molecule has 1 aliphatic rings. The Labute approximate surface area is 455 Å². The zero-order valence-corrected chi connectivity index (χ0v) is 43.7. The highest BCUT2D eigenvalue weighted by molar-refractivity contribution is 6.37. The molecule has 0 fully saturated rings. The number of hydrogen-bond donors (Lipinski definition) is 0. The van der Waals surface area contributed by atoms with Crippen molar-refractivity contribution in [2.75, 3.05) is 9.80 Å². The minimum Gasteiger partial charge on any atom is -0.454 e. The third kappa shape index (κ3) is 6.25. The van der Waals surface area contributed by atoms with Crippen LogP contribution in [-0.4, -0.2) is 0 Å². The molecule has 3 heterocycles. The van der Waals surface area contributed by atoms with E-state index in [1.54, 1.807) is 0 Å². The SMILES string of the molecule is Cc1ccc2ccc(C)c(N(c3cc(-c4ccccc4)c4cc5c6c(cc(-c7ccccc7)c7ccc3c4c76)N(c3cccc4c3oc3ccccc34)c3c-5ccc4ccc(C)cc34)c3cccc4c3oc3ccccc34)c2c1. The van der Waals surface area contributed by atoms with Gasteiger partial charge in [0.2, 0.25) is 0 Å². The number of rotatable bonds is 6. The van der Waals surface area contributed by atoms with Gasteiger partial charge in [-0.2, -0.15) is 0 Å². The van der Waals surface area contributed by atoms with Crippen LogP contribution in [0.3, 0.4) is 0 Å². The van der Waals surface area contributed by atoms with E-state index < -0.39 is 0 Å². The number of furan rings is 2. The number of aryl methyl sites for hydroxylation is 3. The van der Waals surface area contributed by atoms with E-state index in [-0.39, 0.29) is 0 Å². The van der Waals surface area contributed by atoms with Gasteiger partial charge in [-0.15, -0.1) is 0 Å². The minimum absolute atomic E-state index is 0.847. The average Bonchev–Trinajstić information content (AvgIpc) is 3.61. The monoisotopic (exact) mass is 1010 g/mol. The van der Waals surface area contributed by atoms with Gasteiger partial charge in [-0.1, -0.05) is 193 Å². The molecule has 17 rings (SSSR count). The summed E-state index contributed by atoms with van der Waals surface area (Å²) in [6.07, 6.45) is 0. The fourth-order valence-electron chi connectivity index (χ4n) is 13.6. The molecule has 4 nitrogen and oxygen atoms in total. The first-order chi connectivity index (χ1) is 38.9. The molecule has 0 saturated heterocycles. The van der Waals surface area contributed by atoms with Gasteiger partial charge in [0.15, 0.2) is 11.2 Å². The minimum atomic E-state index is 0.847. The lowest BCUT2D eigenvalue weighted by Crippen LogP contribution is -2.17. The van der Waals surface area contributed by atoms with Gasteiger partial charge in [0.1, 0.15) is 11.2 Å². The third-order valence-electron chi connectivity index (χ3n) is 17.1. The smallest absolute Gasteiger partial charge is 0.159 e. The Kier molecular flexibility index (Phi) is 9.15. The zero-order chi connectivity index (χ0) is 52.2. The molecular formula is C75H48N2O2. The first-order valence-electron chi connectivity index (χ1n) is 27.3. The van der Waals surface area contributed by atoms with Crippen LogP contribution < -0.4 is 9.80 Å². The molecule has 0 amide bonds. The van der Waals surface area contributed by atoms with Crippen molar-refractivity contribution in [2.24, 2.45) is 0 Å². The van der Waals surface area contributed by atoms with Crippen LogP contribution in [0.2, 0.25) is 0 Å². The molecule has 0 N–H and O–H groups in total. The molecule has 0 atom stereocenters. The topological polar surface area (TPSA) is 32.8 Å². The Bertz CT molecular complexity index is 5240. The molecule has 4 heteroatoms. The maximum absolute atomic E-state index is 7.06. The number of anilines is 6. The molecule has 79 heavy (non-hydrogen) atoms. The maximum Gasteiger partial charge on any atom is 0.159 e. The van der Waals surface area contributed by atoms with Crippen molar-refractivity contribution in [2.45, 2.75) is 20.8 Å². The van der Waals surface area contributed by atoms with E-state index in [4.69, 9.17) is 8.83 Å². The van der Waals surface area contributed by atoms with Crippen molar-refractivity contribution in [3.05, 3.63) is 253 Å². The Balaban J connectivity index is 1.09. The van der Waals surface area contributed by atoms with Crippen molar-refractivity contribution in [1.82, 2.24) is 0 Å². The Hall–Kier alpha value is -10.2. The predicted octanol–water partition coefficient (Wildman–Crippen LogP) is 21.9. The molecule has 0 bridgehead atoms. The quantitative estimate of drug-likeness (QED) is 0.155. The van der Waals surface area contributed by atoms with Crippen molar-refractivity contribution < 1.29 is 8.83 Å². The first-order valence-corrected chi connectivity index (χ1v) is 27.3. The van der Waals surface area contributed by atoms with Crippen LogP contribution in [0, 0.1) is 20.8 Å². The van der Waals surface area contributed by atoms with Crippen molar-refractivity contribution >= 4 is 132 Å². The first kappa shape index (κ1) is 44.0. The molecule has 0 unspecified atom stereocenters. The summed E-state index contributed by atoms with van der Waals surface area (Å²) in [4.78, 5) is 5.08. The van der Waals surface area contributed by atoms with Gasteiger partial charge in [-0.3, -0.25) is 0 Å². The van der Waals surface area contributed by atoms with Crippen LogP contribution >= 0.6 is 0 Å². The molecule has 0 spiro atoms. The number of fused-ring (bicyclic) bond motifs is 11. The molecule has 0 radical (unpaired) electrons. The zero-order valence-electron chi connectivity index (χ0n) is 43.7. The highest BCUT2D eigenvalue weighted by atomic mass is 16.3. The van der Waals surface area contributed by atoms with E-state index in [1.807, 2.05) is 0 Å². The summed E-state index contributed by atoms with van der Waals surface area (Å²) in [5.41, 5.74) is 20.5.